The fourth-order valence-electron chi connectivity index (χ4n) is 5.37. The number of amides is 2. The third-order valence-corrected chi connectivity index (χ3v) is 8.66. The molecule has 9 heteroatoms. The van der Waals surface area contributed by atoms with Gasteiger partial charge in [-0.05, 0) is 115 Å². The molecule has 244 valence electrons. The van der Waals surface area contributed by atoms with Gasteiger partial charge in [0.05, 0.1) is 5.41 Å². The number of aromatic nitrogens is 1. The molecule has 2 fully saturated rings. The molecule has 2 aliphatic carbocycles. The third kappa shape index (κ3) is 9.97. The molecule has 7 nitrogen and oxygen atoms in total. The molecule has 0 atom stereocenters. The number of aryl methyl sites for hydroxylation is 1. The van der Waals surface area contributed by atoms with E-state index in [0.717, 1.165) is 29.4 Å². The van der Waals surface area contributed by atoms with Crippen molar-refractivity contribution in [1.82, 2.24) is 10.1 Å². The van der Waals surface area contributed by atoms with Crippen LogP contribution in [0.2, 0.25) is 0 Å². The number of benzene rings is 1. The Hall–Kier alpha value is -3.59. The molecule has 2 N–H and O–H groups in total. The molecule has 2 amide bonds. The lowest BCUT2D eigenvalue weighted by Crippen LogP contribution is -2.30. The summed E-state index contributed by atoms with van der Waals surface area (Å²) in [6.07, 6.45) is 15.9. The van der Waals surface area contributed by atoms with Crippen LogP contribution in [0.25, 0.3) is 0 Å². The number of halogens is 2. The molecule has 1 aromatic heterocycles. The van der Waals surface area contributed by atoms with Gasteiger partial charge in [-0.1, -0.05) is 41.1 Å². The lowest BCUT2D eigenvalue weighted by atomic mass is 9.91. The van der Waals surface area contributed by atoms with Crippen LogP contribution in [-0.2, 0) is 21.4 Å². The van der Waals surface area contributed by atoms with Crippen molar-refractivity contribution in [3.8, 4) is 0 Å². The molecular formula is C35H52F2N4O3. The zero-order chi connectivity index (χ0) is 31.5. The van der Waals surface area contributed by atoms with Gasteiger partial charge in [-0.3, -0.25) is 9.59 Å². The van der Waals surface area contributed by atoms with Gasteiger partial charge in [0.25, 0.3) is 5.91 Å². The molecule has 3 aliphatic rings. The highest BCUT2D eigenvalue weighted by molar-refractivity contribution is 6.05. The maximum atomic E-state index is 13.1. The van der Waals surface area contributed by atoms with Gasteiger partial charge in [0.1, 0.15) is 19.1 Å². The topological polar surface area (TPSA) is 87.5 Å². The van der Waals surface area contributed by atoms with Crippen molar-refractivity contribution in [3.05, 3.63) is 77.1 Å². The average molecular weight is 615 g/mol. The number of carbonyl (C=O) groups is 2. The maximum Gasteiger partial charge on any atom is 0.255 e. The Balaban J connectivity index is 0.000000721. The lowest BCUT2D eigenvalue weighted by molar-refractivity contribution is -0.116. The van der Waals surface area contributed by atoms with E-state index < -0.39 is 18.8 Å². The summed E-state index contributed by atoms with van der Waals surface area (Å²) in [7, 11) is 2.24. The van der Waals surface area contributed by atoms with Crippen LogP contribution in [0.3, 0.4) is 0 Å². The Morgan fingerprint density at radius 1 is 1.02 bits per heavy atom. The van der Waals surface area contributed by atoms with Crippen molar-refractivity contribution in [1.29, 1.82) is 0 Å². The SMILES string of the molecule is CC1=CCC=C(C(=O)Nc2ccc(CCCC(=O)Nc3cc(C(C)(CF)CF)on3)cc2)C=C1.CN1CCC(C2CC2)CC1.[HH].[HH].[HH]. The monoisotopic (exact) mass is 614 g/mol. The van der Waals surface area contributed by atoms with E-state index in [1.165, 1.54) is 51.8 Å². The van der Waals surface area contributed by atoms with Crippen LogP contribution in [-0.4, -0.2) is 55.4 Å². The van der Waals surface area contributed by atoms with Crippen molar-refractivity contribution in [2.75, 3.05) is 44.1 Å². The molecule has 1 saturated carbocycles. The summed E-state index contributed by atoms with van der Waals surface area (Å²) in [6, 6.07) is 8.84. The Kier molecular flexibility index (Phi) is 12.1. The number of rotatable bonds is 11. The van der Waals surface area contributed by atoms with Crippen LogP contribution in [0.1, 0.15) is 74.4 Å². The van der Waals surface area contributed by atoms with Crippen LogP contribution in [0.5, 0.6) is 0 Å². The zero-order valence-electron chi connectivity index (χ0n) is 26.2. The number of nitrogens with zero attached hydrogens (tertiary/aromatic N) is 2. The number of likely N-dealkylation sites (tertiary alicyclic amines) is 1. The first-order chi connectivity index (χ1) is 21.2. The molecule has 1 saturated heterocycles. The van der Waals surface area contributed by atoms with E-state index in [2.05, 4.69) is 33.8 Å². The van der Waals surface area contributed by atoms with E-state index >= 15 is 0 Å². The molecule has 0 unspecified atom stereocenters. The molecule has 2 aromatic rings. The molecule has 0 spiro atoms. The highest BCUT2D eigenvalue weighted by Gasteiger charge is 2.33. The number of allylic oxidation sites excluding steroid dienone is 4. The fraction of sp³-hybridized carbons (Fsp3) is 0.514. The summed E-state index contributed by atoms with van der Waals surface area (Å²) < 4.78 is 31.2. The molecular weight excluding hydrogens is 562 g/mol. The quantitative estimate of drug-likeness (QED) is 0.267. The minimum atomic E-state index is -1.40. The smallest absolute Gasteiger partial charge is 0.255 e. The van der Waals surface area contributed by atoms with Crippen molar-refractivity contribution < 1.29 is 27.2 Å². The van der Waals surface area contributed by atoms with Gasteiger partial charge in [-0.25, -0.2) is 8.78 Å². The van der Waals surface area contributed by atoms with E-state index in [9.17, 15) is 18.4 Å². The van der Waals surface area contributed by atoms with Gasteiger partial charge in [0, 0.05) is 28.0 Å². The average Bonchev–Trinajstić information content (AvgIpc) is 3.81. The van der Waals surface area contributed by atoms with Crippen LogP contribution in [0.4, 0.5) is 20.3 Å². The normalized spacial score (nSPS) is 17.6. The predicted octanol–water partition coefficient (Wildman–Crippen LogP) is 8.08. The summed E-state index contributed by atoms with van der Waals surface area (Å²) in [5, 5.41) is 9.16. The number of nitrogens with one attached hydrogen (secondary N) is 2. The van der Waals surface area contributed by atoms with E-state index in [1.807, 2.05) is 49.4 Å². The van der Waals surface area contributed by atoms with Crippen molar-refractivity contribution in [2.45, 2.75) is 70.6 Å². The van der Waals surface area contributed by atoms with Crippen molar-refractivity contribution >= 4 is 23.3 Å². The summed E-state index contributed by atoms with van der Waals surface area (Å²) in [5.74, 6) is 2.03. The number of carbonyl (C=O) groups excluding carboxylic acids is 2. The summed E-state index contributed by atoms with van der Waals surface area (Å²) in [5.41, 5.74) is 2.08. The van der Waals surface area contributed by atoms with Gasteiger partial charge >= 0.3 is 0 Å². The fourth-order valence-corrected chi connectivity index (χ4v) is 5.37. The second kappa shape index (κ2) is 15.9. The van der Waals surface area contributed by atoms with Gasteiger partial charge < -0.3 is 20.1 Å². The molecule has 0 bridgehead atoms. The van der Waals surface area contributed by atoms with E-state index in [0.29, 0.717) is 24.1 Å². The number of piperidine rings is 1. The van der Waals surface area contributed by atoms with Crippen LogP contribution in [0.15, 0.2) is 70.3 Å². The summed E-state index contributed by atoms with van der Waals surface area (Å²) in [4.78, 5) is 27.1. The van der Waals surface area contributed by atoms with Gasteiger partial charge in [-0.2, -0.15) is 0 Å². The van der Waals surface area contributed by atoms with Gasteiger partial charge in [0.15, 0.2) is 5.82 Å². The molecule has 5 rings (SSSR count). The first kappa shape index (κ1) is 33.3. The summed E-state index contributed by atoms with van der Waals surface area (Å²) >= 11 is 0. The first-order valence-electron chi connectivity index (χ1n) is 15.7. The Labute approximate surface area is 264 Å². The predicted molar refractivity (Wildman–Crippen MR) is 177 cm³/mol. The maximum absolute atomic E-state index is 13.1. The minimum Gasteiger partial charge on any atom is -0.358 e. The Morgan fingerprint density at radius 3 is 2.36 bits per heavy atom. The van der Waals surface area contributed by atoms with E-state index in [1.54, 1.807) is 0 Å². The number of alkyl halides is 2. The standard InChI is InChI=1S/C26H29F2N3O3.C9H17N.3H2/c1-18-5-3-7-20(12-9-18)25(33)29-21-13-10-19(11-14-21)6-4-8-24(32)30-23-15-22(34-31-23)26(2,16-27)17-28;1-10-6-4-9(5-7-10)8-2-3-8;;;/h5,7,9-15H,3-4,6,8,16-17H2,1-2H3,(H,29,33)(H,30,31,32);8-9H,2-7H2,1H3;3*1H. The highest BCUT2D eigenvalue weighted by Crippen LogP contribution is 2.41. The molecule has 2 heterocycles. The van der Waals surface area contributed by atoms with Crippen LogP contribution < -0.4 is 10.6 Å². The van der Waals surface area contributed by atoms with Crippen molar-refractivity contribution in [3.63, 3.8) is 0 Å². The molecule has 44 heavy (non-hydrogen) atoms. The van der Waals surface area contributed by atoms with E-state index in [-0.39, 0.29) is 34.1 Å². The number of anilines is 2. The zero-order valence-corrected chi connectivity index (χ0v) is 26.2. The number of hydrogen-bond acceptors (Lipinski definition) is 5. The summed E-state index contributed by atoms with van der Waals surface area (Å²) in [6.45, 7) is 4.22. The van der Waals surface area contributed by atoms with Crippen molar-refractivity contribution in [2.24, 2.45) is 11.8 Å². The lowest BCUT2D eigenvalue weighted by Gasteiger charge is -2.28. The van der Waals surface area contributed by atoms with Crippen LogP contribution >= 0.6 is 0 Å². The first-order valence-corrected chi connectivity index (χ1v) is 15.7. The molecule has 1 aromatic carbocycles. The second-order valence-corrected chi connectivity index (χ2v) is 12.6. The second-order valence-electron chi connectivity index (χ2n) is 12.6. The molecule has 1 aliphatic heterocycles. The Bertz CT molecular complexity index is 1350. The van der Waals surface area contributed by atoms with Gasteiger partial charge in [0.2, 0.25) is 5.91 Å². The third-order valence-electron chi connectivity index (χ3n) is 8.66. The highest BCUT2D eigenvalue weighted by atomic mass is 19.1. The Morgan fingerprint density at radius 2 is 1.70 bits per heavy atom. The molecule has 0 radical (unpaired) electrons. The van der Waals surface area contributed by atoms with Gasteiger partial charge in [-0.15, -0.1) is 0 Å². The largest absolute Gasteiger partial charge is 0.358 e. The minimum absolute atomic E-state index is 0. The number of hydrogen-bond donors (Lipinski definition) is 2. The van der Waals surface area contributed by atoms with E-state index in [4.69, 9.17) is 4.52 Å². The van der Waals surface area contributed by atoms with Crippen LogP contribution in [0, 0.1) is 11.8 Å².